The number of nitro groups is 1. The lowest BCUT2D eigenvalue weighted by Gasteiger charge is -2.14. The summed E-state index contributed by atoms with van der Waals surface area (Å²) in [6.45, 7) is 3.86. The predicted octanol–water partition coefficient (Wildman–Crippen LogP) is 3.11. The summed E-state index contributed by atoms with van der Waals surface area (Å²) in [4.78, 5) is 12.6. The van der Waals surface area contributed by atoms with Crippen molar-refractivity contribution in [2.45, 2.75) is 19.3 Å². The first-order chi connectivity index (χ1) is 9.18. The van der Waals surface area contributed by atoms with E-state index in [2.05, 4.69) is 4.90 Å². The van der Waals surface area contributed by atoms with Gasteiger partial charge in [0.05, 0.1) is 11.5 Å². The van der Waals surface area contributed by atoms with Gasteiger partial charge >= 0.3 is 0 Å². The number of halogens is 1. The normalized spacial score (nSPS) is 15.6. The first kappa shape index (κ1) is 14.1. The summed E-state index contributed by atoms with van der Waals surface area (Å²) >= 11 is 5.93. The number of hydrogen-bond donors (Lipinski definition) is 0. The molecule has 1 aliphatic heterocycles. The minimum atomic E-state index is -0.501. The molecule has 1 fully saturated rings. The highest BCUT2D eigenvalue weighted by molar-refractivity contribution is 6.34. The highest BCUT2D eigenvalue weighted by atomic mass is 35.5. The Morgan fingerprint density at radius 1 is 1.37 bits per heavy atom. The third-order valence-electron chi connectivity index (χ3n) is 3.21. The molecule has 0 N–H and O–H groups in total. The second kappa shape index (κ2) is 6.73. The largest absolute Gasteiger partial charge is 0.492 e. The molecule has 1 saturated heterocycles. The van der Waals surface area contributed by atoms with Crippen molar-refractivity contribution in [2.24, 2.45) is 0 Å². The van der Waals surface area contributed by atoms with Gasteiger partial charge in [-0.25, -0.2) is 0 Å². The van der Waals surface area contributed by atoms with E-state index in [1.807, 2.05) is 0 Å². The molecule has 0 radical (unpaired) electrons. The molecular formula is C13H17ClN2O3. The SMILES string of the molecule is O=[N+]([O-])c1cccc(OCCCN2CCCC2)c1Cl. The summed E-state index contributed by atoms with van der Waals surface area (Å²) in [6, 6.07) is 4.62. The zero-order chi connectivity index (χ0) is 13.7. The van der Waals surface area contributed by atoms with Crippen LogP contribution < -0.4 is 4.74 Å². The number of hydrogen-bond acceptors (Lipinski definition) is 4. The van der Waals surface area contributed by atoms with Crippen molar-refractivity contribution in [2.75, 3.05) is 26.2 Å². The fourth-order valence-corrected chi connectivity index (χ4v) is 2.48. The quantitative estimate of drug-likeness (QED) is 0.457. The molecule has 0 aliphatic carbocycles. The molecule has 2 rings (SSSR count). The zero-order valence-corrected chi connectivity index (χ0v) is 11.4. The monoisotopic (exact) mass is 284 g/mol. The van der Waals surface area contributed by atoms with Crippen LogP contribution in [0.1, 0.15) is 19.3 Å². The number of rotatable bonds is 6. The summed E-state index contributed by atoms with van der Waals surface area (Å²) in [7, 11) is 0. The lowest BCUT2D eigenvalue weighted by atomic mass is 10.3. The highest BCUT2D eigenvalue weighted by Crippen LogP contribution is 2.33. The van der Waals surface area contributed by atoms with Crippen molar-refractivity contribution in [1.29, 1.82) is 0 Å². The van der Waals surface area contributed by atoms with Crippen molar-refractivity contribution in [1.82, 2.24) is 4.90 Å². The Balaban J connectivity index is 1.82. The summed E-state index contributed by atoms with van der Waals surface area (Å²) in [5.74, 6) is 0.386. The number of nitrogens with zero attached hydrogens (tertiary/aromatic N) is 2. The van der Waals surface area contributed by atoms with Crippen LogP contribution in [0.4, 0.5) is 5.69 Å². The van der Waals surface area contributed by atoms with E-state index < -0.39 is 4.92 Å². The Labute approximate surface area is 117 Å². The predicted molar refractivity (Wildman–Crippen MR) is 73.9 cm³/mol. The first-order valence-corrected chi connectivity index (χ1v) is 6.84. The average Bonchev–Trinajstić information content (AvgIpc) is 2.89. The summed E-state index contributed by atoms with van der Waals surface area (Å²) < 4.78 is 5.52. The Morgan fingerprint density at radius 3 is 2.79 bits per heavy atom. The molecule has 0 saturated carbocycles. The van der Waals surface area contributed by atoms with Crippen molar-refractivity contribution >= 4 is 17.3 Å². The molecule has 1 aliphatic rings. The number of benzene rings is 1. The Morgan fingerprint density at radius 2 is 2.11 bits per heavy atom. The first-order valence-electron chi connectivity index (χ1n) is 6.46. The lowest BCUT2D eigenvalue weighted by Crippen LogP contribution is -2.21. The zero-order valence-electron chi connectivity index (χ0n) is 10.7. The Bertz CT molecular complexity index is 448. The minimum absolute atomic E-state index is 0.0775. The number of likely N-dealkylation sites (tertiary alicyclic amines) is 1. The molecule has 6 heteroatoms. The van der Waals surface area contributed by atoms with Crippen LogP contribution in [0.2, 0.25) is 5.02 Å². The highest BCUT2D eigenvalue weighted by Gasteiger charge is 2.16. The smallest absolute Gasteiger partial charge is 0.291 e. The van der Waals surface area contributed by atoms with E-state index in [-0.39, 0.29) is 10.7 Å². The van der Waals surface area contributed by atoms with E-state index in [1.54, 1.807) is 12.1 Å². The van der Waals surface area contributed by atoms with Crippen LogP contribution in [-0.2, 0) is 0 Å². The molecular weight excluding hydrogens is 268 g/mol. The van der Waals surface area contributed by atoms with Crippen LogP contribution in [0.15, 0.2) is 18.2 Å². The average molecular weight is 285 g/mol. The van der Waals surface area contributed by atoms with Gasteiger partial charge in [-0.2, -0.15) is 0 Å². The van der Waals surface area contributed by atoms with Gasteiger partial charge in [0.15, 0.2) is 5.02 Å². The molecule has 104 valence electrons. The minimum Gasteiger partial charge on any atom is -0.492 e. The van der Waals surface area contributed by atoms with Gasteiger partial charge in [0, 0.05) is 12.6 Å². The Kier molecular flexibility index (Phi) is 4.99. The van der Waals surface area contributed by atoms with Gasteiger partial charge in [-0.05, 0) is 38.4 Å². The fraction of sp³-hybridized carbons (Fsp3) is 0.538. The second-order valence-electron chi connectivity index (χ2n) is 4.60. The molecule has 1 aromatic carbocycles. The molecule has 0 unspecified atom stereocenters. The van der Waals surface area contributed by atoms with E-state index in [1.165, 1.54) is 18.9 Å². The summed E-state index contributed by atoms with van der Waals surface area (Å²) in [5.41, 5.74) is -0.112. The van der Waals surface area contributed by atoms with Gasteiger partial charge in [0.25, 0.3) is 5.69 Å². The topological polar surface area (TPSA) is 55.6 Å². The van der Waals surface area contributed by atoms with E-state index in [0.717, 1.165) is 26.1 Å². The molecule has 0 amide bonds. The molecule has 5 nitrogen and oxygen atoms in total. The maximum absolute atomic E-state index is 10.7. The molecule has 0 bridgehead atoms. The standard InChI is InChI=1S/C13H17ClN2O3/c14-13-11(16(17)18)5-3-6-12(13)19-10-4-9-15-7-1-2-8-15/h3,5-6H,1-2,4,7-10H2. The van der Waals surface area contributed by atoms with Gasteiger partial charge in [0.1, 0.15) is 5.75 Å². The van der Waals surface area contributed by atoms with Gasteiger partial charge < -0.3 is 9.64 Å². The van der Waals surface area contributed by atoms with Crippen molar-refractivity contribution in [3.8, 4) is 5.75 Å². The molecule has 0 aromatic heterocycles. The lowest BCUT2D eigenvalue weighted by molar-refractivity contribution is -0.384. The van der Waals surface area contributed by atoms with Crippen LogP contribution in [0, 0.1) is 10.1 Å². The number of ether oxygens (including phenoxy) is 1. The van der Waals surface area contributed by atoms with Crippen molar-refractivity contribution in [3.05, 3.63) is 33.3 Å². The van der Waals surface area contributed by atoms with Crippen LogP contribution in [-0.4, -0.2) is 36.1 Å². The van der Waals surface area contributed by atoms with Crippen LogP contribution in [0.5, 0.6) is 5.75 Å². The Hall–Kier alpha value is -1.33. The van der Waals surface area contributed by atoms with Gasteiger partial charge in [-0.15, -0.1) is 0 Å². The van der Waals surface area contributed by atoms with E-state index in [9.17, 15) is 10.1 Å². The van der Waals surface area contributed by atoms with Gasteiger partial charge in [0.2, 0.25) is 0 Å². The molecule has 1 heterocycles. The third kappa shape index (κ3) is 3.81. The van der Waals surface area contributed by atoms with Crippen molar-refractivity contribution in [3.63, 3.8) is 0 Å². The summed E-state index contributed by atoms with van der Waals surface area (Å²) in [5, 5.41) is 10.8. The van der Waals surface area contributed by atoms with E-state index >= 15 is 0 Å². The maximum Gasteiger partial charge on any atom is 0.291 e. The second-order valence-corrected chi connectivity index (χ2v) is 4.98. The fourth-order valence-electron chi connectivity index (χ4n) is 2.23. The van der Waals surface area contributed by atoms with Crippen LogP contribution in [0.25, 0.3) is 0 Å². The van der Waals surface area contributed by atoms with Gasteiger partial charge in [-0.1, -0.05) is 17.7 Å². The van der Waals surface area contributed by atoms with Crippen LogP contribution >= 0.6 is 11.6 Å². The van der Waals surface area contributed by atoms with E-state index in [4.69, 9.17) is 16.3 Å². The summed E-state index contributed by atoms with van der Waals surface area (Å²) in [6.07, 6.45) is 3.45. The molecule has 19 heavy (non-hydrogen) atoms. The third-order valence-corrected chi connectivity index (χ3v) is 3.59. The maximum atomic E-state index is 10.7. The number of nitro benzene ring substituents is 1. The molecule has 1 aromatic rings. The van der Waals surface area contributed by atoms with Gasteiger partial charge in [-0.3, -0.25) is 10.1 Å². The molecule has 0 atom stereocenters. The van der Waals surface area contributed by atoms with E-state index in [0.29, 0.717) is 12.4 Å². The van der Waals surface area contributed by atoms with Crippen molar-refractivity contribution < 1.29 is 9.66 Å². The molecule has 0 spiro atoms. The van der Waals surface area contributed by atoms with Crippen LogP contribution in [0.3, 0.4) is 0 Å².